The van der Waals surface area contributed by atoms with Gasteiger partial charge in [-0.15, -0.1) is 11.6 Å². The lowest BCUT2D eigenvalue weighted by atomic mass is 10.2. The highest BCUT2D eigenvalue weighted by molar-refractivity contribution is 7.88. The summed E-state index contributed by atoms with van der Waals surface area (Å²) in [5.41, 5.74) is 1.15. The Hall–Kier alpha value is -1.09. The molecule has 0 bridgehead atoms. The summed E-state index contributed by atoms with van der Waals surface area (Å²) in [6.45, 7) is 0.222. The number of hydrogen-bond donors (Lipinski definition) is 1. The molecule has 86 valence electrons. The predicted octanol–water partition coefficient (Wildman–Crippen LogP) is 1.22. The van der Waals surface area contributed by atoms with Crippen LogP contribution in [0.15, 0.2) is 24.3 Å². The van der Waals surface area contributed by atoms with Crippen LogP contribution >= 0.6 is 11.6 Å². The van der Waals surface area contributed by atoms with Crippen LogP contribution in [0.25, 0.3) is 0 Å². The van der Waals surface area contributed by atoms with Crippen molar-refractivity contribution in [3.63, 3.8) is 0 Å². The van der Waals surface area contributed by atoms with Gasteiger partial charge in [-0.3, -0.25) is 0 Å². The molecule has 16 heavy (non-hydrogen) atoms. The van der Waals surface area contributed by atoms with Crippen molar-refractivity contribution in [3.8, 4) is 6.07 Å². The molecule has 0 aliphatic heterocycles. The highest BCUT2D eigenvalue weighted by Gasteiger charge is 2.10. The average molecular weight is 259 g/mol. The molecule has 0 saturated heterocycles. The summed E-state index contributed by atoms with van der Waals surface area (Å²) >= 11 is 5.39. The monoisotopic (exact) mass is 258 g/mol. The highest BCUT2D eigenvalue weighted by atomic mass is 35.5. The fraction of sp³-hybridized carbons (Fsp3) is 0.300. The molecule has 4 nitrogen and oxygen atoms in total. The largest absolute Gasteiger partial charge is 0.215 e. The van der Waals surface area contributed by atoms with Gasteiger partial charge in [-0.05, 0) is 17.7 Å². The van der Waals surface area contributed by atoms with Crippen molar-refractivity contribution in [2.45, 2.75) is 5.75 Å². The van der Waals surface area contributed by atoms with Gasteiger partial charge in [0.2, 0.25) is 10.0 Å². The lowest BCUT2D eigenvalue weighted by molar-refractivity contribution is 0.583. The fourth-order valence-corrected chi connectivity index (χ4v) is 2.49. The zero-order valence-electron chi connectivity index (χ0n) is 8.48. The molecule has 0 fully saturated rings. The van der Waals surface area contributed by atoms with Gasteiger partial charge in [-0.2, -0.15) is 5.26 Å². The standard InChI is InChI=1S/C10H11ClN2O2S/c11-5-6-13-16(14,15)8-10-3-1-9(7-12)2-4-10/h1-4,13H,5-6,8H2. The van der Waals surface area contributed by atoms with E-state index in [0.717, 1.165) is 0 Å². The summed E-state index contributed by atoms with van der Waals surface area (Å²) < 4.78 is 25.3. The summed E-state index contributed by atoms with van der Waals surface area (Å²) in [4.78, 5) is 0. The topological polar surface area (TPSA) is 70.0 Å². The van der Waals surface area contributed by atoms with Crippen LogP contribution in [0.5, 0.6) is 0 Å². The minimum Gasteiger partial charge on any atom is -0.214 e. The lowest BCUT2D eigenvalue weighted by Gasteiger charge is -2.04. The molecule has 1 N–H and O–H groups in total. The maximum Gasteiger partial charge on any atom is 0.215 e. The molecule has 1 aromatic carbocycles. The quantitative estimate of drug-likeness (QED) is 0.808. The van der Waals surface area contributed by atoms with Crippen molar-refractivity contribution < 1.29 is 8.42 Å². The summed E-state index contributed by atoms with van der Waals surface area (Å²) in [6.07, 6.45) is 0. The minimum atomic E-state index is -3.33. The number of nitriles is 1. The average Bonchev–Trinajstić information content (AvgIpc) is 2.27. The minimum absolute atomic E-state index is 0.102. The smallest absolute Gasteiger partial charge is 0.214 e. The Balaban J connectivity index is 2.70. The van der Waals surface area contributed by atoms with Crippen LogP contribution in [0, 0.1) is 11.3 Å². The molecule has 0 heterocycles. The maximum absolute atomic E-state index is 11.5. The van der Waals surface area contributed by atoms with Crippen LogP contribution in [0.1, 0.15) is 11.1 Å². The Morgan fingerprint density at radius 1 is 1.31 bits per heavy atom. The first-order valence-electron chi connectivity index (χ1n) is 4.60. The second-order valence-electron chi connectivity index (χ2n) is 3.15. The first kappa shape index (κ1) is 13.0. The van der Waals surface area contributed by atoms with Gasteiger partial charge < -0.3 is 0 Å². The second kappa shape index (κ2) is 5.85. The van der Waals surface area contributed by atoms with Crippen LogP contribution in [-0.2, 0) is 15.8 Å². The predicted molar refractivity (Wildman–Crippen MR) is 62.5 cm³/mol. The number of nitrogens with zero attached hydrogens (tertiary/aromatic N) is 1. The Bertz CT molecular complexity index is 477. The molecule has 0 radical (unpaired) electrons. The third-order valence-electron chi connectivity index (χ3n) is 1.86. The zero-order valence-corrected chi connectivity index (χ0v) is 10.1. The maximum atomic E-state index is 11.5. The van der Waals surface area contributed by atoms with E-state index in [0.29, 0.717) is 11.1 Å². The number of sulfonamides is 1. The van der Waals surface area contributed by atoms with E-state index in [-0.39, 0.29) is 18.2 Å². The van der Waals surface area contributed by atoms with Gasteiger partial charge in [-0.25, -0.2) is 13.1 Å². The van der Waals surface area contributed by atoms with E-state index in [1.165, 1.54) is 0 Å². The van der Waals surface area contributed by atoms with Gasteiger partial charge in [0.05, 0.1) is 17.4 Å². The normalized spacial score (nSPS) is 11.0. The molecule has 1 rings (SSSR count). The number of benzene rings is 1. The van der Waals surface area contributed by atoms with Crippen molar-refractivity contribution >= 4 is 21.6 Å². The lowest BCUT2D eigenvalue weighted by Crippen LogP contribution is -2.26. The van der Waals surface area contributed by atoms with E-state index in [2.05, 4.69) is 4.72 Å². The van der Waals surface area contributed by atoms with E-state index < -0.39 is 10.0 Å². The number of rotatable bonds is 5. The molecule has 6 heteroatoms. The van der Waals surface area contributed by atoms with E-state index in [4.69, 9.17) is 16.9 Å². The van der Waals surface area contributed by atoms with Crippen molar-refractivity contribution in [1.82, 2.24) is 4.72 Å². The number of alkyl halides is 1. The van der Waals surface area contributed by atoms with E-state index in [1.54, 1.807) is 24.3 Å². The van der Waals surface area contributed by atoms with Crippen molar-refractivity contribution in [3.05, 3.63) is 35.4 Å². The van der Waals surface area contributed by atoms with E-state index >= 15 is 0 Å². The summed E-state index contributed by atoms with van der Waals surface area (Å²) in [6, 6.07) is 8.40. The van der Waals surface area contributed by atoms with Crippen LogP contribution in [0.2, 0.25) is 0 Å². The molecule has 0 atom stereocenters. The van der Waals surface area contributed by atoms with Crippen molar-refractivity contribution in [2.24, 2.45) is 0 Å². The van der Waals surface area contributed by atoms with Gasteiger partial charge in [0.15, 0.2) is 0 Å². The molecule has 0 amide bonds. The second-order valence-corrected chi connectivity index (χ2v) is 5.34. The molecular formula is C10H11ClN2O2S. The summed E-state index contributed by atoms with van der Waals surface area (Å²) in [5.74, 6) is 0.141. The third-order valence-corrected chi connectivity index (χ3v) is 3.40. The van der Waals surface area contributed by atoms with E-state index in [1.807, 2.05) is 6.07 Å². The molecular weight excluding hydrogens is 248 g/mol. The highest BCUT2D eigenvalue weighted by Crippen LogP contribution is 2.06. The Kier molecular flexibility index (Phi) is 4.74. The molecule has 0 aliphatic carbocycles. The summed E-state index contributed by atoms with van der Waals surface area (Å²) in [7, 11) is -3.33. The Labute approximate surface area is 99.9 Å². The SMILES string of the molecule is N#Cc1ccc(CS(=O)(=O)NCCCl)cc1. The van der Waals surface area contributed by atoms with Crippen LogP contribution in [0.4, 0.5) is 0 Å². The third kappa shape index (κ3) is 4.19. The van der Waals surface area contributed by atoms with E-state index in [9.17, 15) is 8.42 Å². The molecule has 0 spiro atoms. The molecule has 0 saturated carbocycles. The first-order chi connectivity index (χ1) is 7.57. The van der Waals surface area contributed by atoms with Crippen molar-refractivity contribution in [1.29, 1.82) is 5.26 Å². The van der Waals surface area contributed by atoms with Gasteiger partial charge in [-0.1, -0.05) is 12.1 Å². The van der Waals surface area contributed by atoms with Crippen molar-refractivity contribution in [2.75, 3.05) is 12.4 Å². The first-order valence-corrected chi connectivity index (χ1v) is 6.78. The number of halogens is 1. The number of hydrogen-bond acceptors (Lipinski definition) is 3. The van der Waals surface area contributed by atoms with Crippen LogP contribution < -0.4 is 4.72 Å². The van der Waals surface area contributed by atoms with Gasteiger partial charge in [0, 0.05) is 12.4 Å². The molecule has 1 aromatic rings. The summed E-state index contributed by atoms with van der Waals surface area (Å²) in [5, 5.41) is 8.58. The molecule has 0 unspecified atom stereocenters. The molecule has 0 aromatic heterocycles. The molecule has 0 aliphatic rings. The van der Waals surface area contributed by atoms with Gasteiger partial charge >= 0.3 is 0 Å². The Morgan fingerprint density at radius 2 is 1.94 bits per heavy atom. The Morgan fingerprint density at radius 3 is 2.44 bits per heavy atom. The fourth-order valence-electron chi connectivity index (χ4n) is 1.14. The number of nitrogens with one attached hydrogen (secondary N) is 1. The zero-order chi connectivity index (χ0) is 12.0. The van der Waals surface area contributed by atoms with Gasteiger partial charge in [0.1, 0.15) is 0 Å². The van der Waals surface area contributed by atoms with Crippen LogP contribution in [0.3, 0.4) is 0 Å². The van der Waals surface area contributed by atoms with Crippen LogP contribution in [-0.4, -0.2) is 20.8 Å². The van der Waals surface area contributed by atoms with Gasteiger partial charge in [0.25, 0.3) is 0 Å².